The third-order valence-electron chi connectivity index (χ3n) is 2.73. The van der Waals surface area contributed by atoms with E-state index in [-0.39, 0.29) is 16.4 Å². The number of aliphatic hydroxyl groups excluding tert-OH is 1. The van der Waals surface area contributed by atoms with E-state index in [1.54, 1.807) is 0 Å². The summed E-state index contributed by atoms with van der Waals surface area (Å²) in [5, 5.41) is 12.5. The minimum atomic E-state index is -1.45. The van der Waals surface area contributed by atoms with Gasteiger partial charge in [0, 0.05) is 10.1 Å². The molecule has 2 N–H and O–H groups in total. The van der Waals surface area contributed by atoms with E-state index in [1.165, 1.54) is 18.2 Å². The first kappa shape index (κ1) is 15.7. The van der Waals surface area contributed by atoms with Crippen molar-refractivity contribution in [1.82, 2.24) is 5.32 Å². The van der Waals surface area contributed by atoms with E-state index in [4.69, 9.17) is 11.6 Å². The number of carbonyl (C=O) groups excluding carboxylic acids is 2. The molecule has 0 radical (unpaired) electrons. The Balaban J connectivity index is 2.16. The minimum Gasteiger partial charge on any atom is -0.467 e. The van der Waals surface area contributed by atoms with Gasteiger partial charge >= 0.3 is 5.97 Å². The number of hydrogen-bond acceptors (Lipinski definition) is 5. The molecule has 1 atom stereocenters. The zero-order chi connectivity index (χ0) is 15.6. The molecule has 0 aliphatic carbocycles. The van der Waals surface area contributed by atoms with Crippen LogP contribution in [0.5, 0.6) is 0 Å². The van der Waals surface area contributed by atoms with Crippen molar-refractivity contribution in [1.29, 1.82) is 0 Å². The summed E-state index contributed by atoms with van der Waals surface area (Å²) in [5.41, 5.74) is 0. The molecular weight excluding hydrogens is 321 g/mol. The second kappa shape index (κ2) is 6.38. The molecule has 1 unspecified atom stereocenters. The molecule has 112 valence electrons. The van der Waals surface area contributed by atoms with Gasteiger partial charge in [-0.3, -0.25) is 4.79 Å². The average molecular weight is 332 g/mol. The number of carbonyl (C=O) groups is 2. The van der Waals surface area contributed by atoms with Crippen molar-refractivity contribution < 1.29 is 23.8 Å². The Labute approximate surface area is 128 Å². The van der Waals surface area contributed by atoms with Crippen LogP contribution < -0.4 is 5.32 Å². The van der Waals surface area contributed by atoms with Crippen molar-refractivity contribution >= 4 is 44.9 Å². The molecule has 21 heavy (non-hydrogen) atoms. The largest absolute Gasteiger partial charge is 0.467 e. The highest BCUT2D eigenvalue weighted by molar-refractivity contribution is 7.21. The summed E-state index contributed by atoms with van der Waals surface area (Å²) >= 11 is 7.11. The van der Waals surface area contributed by atoms with Crippen LogP contribution in [-0.4, -0.2) is 36.7 Å². The Morgan fingerprint density at radius 3 is 2.90 bits per heavy atom. The second-order valence-electron chi connectivity index (χ2n) is 4.13. The number of halogens is 2. The maximum Gasteiger partial charge on any atom is 0.336 e. The Kier molecular flexibility index (Phi) is 4.76. The molecular formula is C13H11ClFNO4S. The van der Waals surface area contributed by atoms with Crippen LogP contribution >= 0.6 is 22.9 Å². The van der Waals surface area contributed by atoms with Crippen molar-refractivity contribution in [2.24, 2.45) is 0 Å². The van der Waals surface area contributed by atoms with Crippen LogP contribution in [0, 0.1) is 5.82 Å². The third-order valence-corrected chi connectivity index (χ3v) is 4.38. The first-order chi connectivity index (χ1) is 9.93. The third kappa shape index (κ3) is 3.31. The number of aliphatic hydroxyl groups is 1. The summed E-state index contributed by atoms with van der Waals surface area (Å²) in [6.07, 6.45) is -1.45. The van der Waals surface area contributed by atoms with Crippen LogP contribution in [0.25, 0.3) is 10.1 Å². The quantitative estimate of drug-likeness (QED) is 0.840. The number of thiophene rings is 1. The van der Waals surface area contributed by atoms with Crippen LogP contribution in [0.2, 0.25) is 5.02 Å². The van der Waals surface area contributed by atoms with E-state index in [2.05, 4.69) is 10.1 Å². The summed E-state index contributed by atoms with van der Waals surface area (Å²) in [6.45, 7) is -0.301. The highest BCUT2D eigenvalue weighted by Crippen LogP contribution is 2.35. The maximum atomic E-state index is 13.1. The van der Waals surface area contributed by atoms with E-state index in [9.17, 15) is 19.1 Å². The first-order valence-electron chi connectivity index (χ1n) is 5.85. The highest BCUT2D eigenvalue weighted by atomic mass is 35.5. The van der Waals surface area contributed by atoms with Gasteiger partial charge in [-0.2, -0.15) is 0 Å². The van der Waals surface area contributed by atoms with Gasteiger partial charge in [0.15, 0.2) is 6.10 Å². The molecule has 0 fully saturated rings. The average Bonchev–Trinajstić information content (AvgIpc) is 2.79. The summed E-state index contributed by atoms with van der Waals surface area (Å²) in [6, 6.07) is 4.03. The molecule has 5 nitrogen and oxygen atoms in total. The number of hydrogen-bond donors (Lipinski definition) is 2. The molecule has 1 aromatic carbocycles. The Morgan fingerprint density at radius 2 is 2.24 bits per heavy atom. The number of ether oxygens (including phenoxy) is 1. The molecule has 8 heteroatoms. The van der Waals surface area contributed by atoms with Crippen molar-refractivity contribution in [3.05, 3.63) is 33.9 Å². The SMILES string of the molecule is COC(=O)C(O)CNC(=O)c1sc2cc(F)ccc2c1Cl. The first-order valence-corrected chi connectivity index (χ1v) is 7.05. The van der Waals surface area contributed by atoms with Gasteiger partial charge in [0.1, 0.15) is 10.7 Å². The lowest BCUT2D eigenvalue weighted by Gasteiger charge is -2.09. The van der Waals surface area contributed by atoms with E-state index < -0.39 is 23.8 Å². The van der Waals surface area contributed by atoms with Gasteiger partial charge < -0.3 is 15.2 Å². The maximum absolute atomic E-state index is 13.1. The van der Waals surface area contributed by atoms with E-state index >= 15 is 0 Å². The predicted octanol–water partition coefficient (Wildman–Crippen LogP) is 1.96. The number of nitrogens with one attached hydrogen (secondary N) is 1. The molecule has 0 aliphatic rings. The fourth-order valence-electron chi connectivity index (χ4n) is 1.67. The lowest BCUT2D eigenvalue weighted by Crippen LogP contribution is -2.37. The van der Waals surface area contributed by atoms with Gasteiger partial charge in [0.05, 0.1) is 18.7 Å². The fourth-order valence-corrected chi connectivity index (χ4v) is 3.13. The molecule has 2 aromatic rings. The van der Waals surface area contributed by atoms with Gasteiger partial charge in [-0.05, 0) is 18.2 Å². The van der Waals surface area contributed by atoms with Crippen LogP contribution in [0.3, 0.4) is 0 Å². The molecule has 1 amide bonds. The molecule has 0 saturated heterocycles. The monoisotopic (exact) mass is 331 g/mol. The number of amides is 1. The van der Waals surface area contributed by atoms with Gasteiger partial charge in [0.2, 0.25) is 0 Å². The molecule has 0 bridgehead atoms. The van der Waals surface area contributed by atoms with Crippen LogP contribution in [0.4, 0.5) is 4.39 Å². The van der Waals surface area contributed by atoms with Crippen molar-refractivity contribution in [3.8, 4) is 0 Å². The molecule has 1 heterocycles. The number of benzene rings is 1. The number of esters is 1. The molecule has 1 aromatic heterocycles. The second-order valence-corrected chi connectivity index (χ2v) is 5.56. The van der Waals surface area contributed by atoms with Gasteiger partial charge in [0.25, 0.3) is 5.91 Å². The van der Waals surface area contributed by atoms with Crippen LogP contribution in [0.1, 0.15) is 9.67 Å². The zero-order valence-electron chi connectivity index (χ0n) is 10.9. The Hall–Kier alpha value is -1.70. The highest BCUT2D eigenvalue weighted by Gasteiger charge is 2.20. The smallest absolute Gasteiger partial charge is 0.336 e. The Bertz CT molecular complexity index is 703. The van der Waals surface area contributed by atoms with Crippen LogP contribution in [0.15, 0.2) is 18.2 Å². The van der Waals surface area contributed by atoms with Crippen molar-refractivity contribution in [3.63, 3.8) is 0 Å². The predicted molar refractivity (Wildman–Crippen MR) is 77.1 cm³/mol. The van der Waals surface area contributed by atoms with E-state index in [0.29, 0.717) is 10.1 Å². The molecule has 0 saturated carbocycles. The number of rotatable bonds is 4. The topological polar surface area (TPSA) is 75.6 Å². The normalized spacial score (nSPS) is 12.2. The standard InChI is InChI=1S/C13H11ClFNO4S/c1-20-13(19)8(17)5-16-12(18)11-10(14)7-3-2-6(15)4-9(7)21-11/h2-4,8,17H,5H2,1H3,(H,16,18). The van der Waals surface area contributed by atoms with Gasteiger partial charge in [-0.1, -0.05) is 11.6 Å². The zero-order valence-corrected chi connectivity index (χ0v) is 12.4. The summed E-state index contributed by atoms with van der Waals surface area (Å²) in [7, 11) is 1.13. The number of methoxy groups -OCH3 is 1. The van der Waals surface area contributed by atoms with Crippen molar-refractivity contribution in [2.45, 2.75) is 6.10 Å². The van der Waals surface area contributed by atoms with Crippen molar-refractivity contribution in [2.75, 3.05) is 13.7 Å². The molecule has 2 rings (SSSR count). The van der Waals surface area contributed by atoms with E-state index in [1.807, 2.05) is 0 Å². The Morgan fingerprint density at radius 1 is 1.52 bits per heavy atom. The minimum absolute atomic E-state index is 0.189. The van der Waals surface area contributed by atoms with Gasteiger partial charge in [-0.25, -0.2) is 9.18 Å². The summed E-state index contributed by atoms with van der Waals surface area (Å²) in [4.78, 5) is 23.2. The summed E-state index contributed by atoms with van der Waals surface area (Å²) in [5.74, 6) is -1.82. The lowest BCUT2D eigenvalue weighted by atomic mass is 10.2. The summed E-state index contributed by atoms with van der Waals surface area (Å²) < 4.78 is 18.0. The number of fused-ring (bicyclic) bond motifs is 1. The lowest BCUT2D eigenvalue weighted by molar-refractivity contribution is -0.149. The molecule has 0 aliphatic heterocycles. The van der Waals surface area contributed by atoms with Gasteiger partial charge in [-0.15, -0.1) is 11.3 Å². The molecule has 0 spiro atoms. The fraction of sp³-hybridized carbons (Fsp3) is 0.231. The van der Waals surface area contributed by atoms with E-state index in [0.717, 1.165) is 18.4 Å². The van der Waals surface area contributed by atoms with Crippen LogP contribution in [-0.2, 0) is 9.53 Å².